The Hall–Kier alpha value is -0.870. The van der Waals surface area contributed by atoms with Gasteiger partial charge in [0.1, 0.15) is 0 Å². The lowest BCUT2D eigenvalue weighted by atomic mass is 9.98. The number of halogens is 1. The molecule has 0 saturated carbocycles. The Morgan fingerprint density at radius 2 is 2.33 bits per heavy atom. The number of hydrogen-bond acceptors (Lipinski definition) is 2. The number of hydrogen-bond donors (Lipinski definition) is 1. The minimum atomic E-state index is -0.0614. The van der Waals surface area contributed by atoms with Crippen LogP contribution in [-0.2, 0) is 0 Å². The Balaban J connectivity index is 2.23. The fourth-order valence-corrected chi connectivity index (χ4v) is 3.11. The molecule has 4 heteroatoms. The number of nitrogens with one attached hydrogen (secondary N) is 1. The van der Waals surface area contributed by atoms with Gasteiger partial charge in [-0.05, 0) is 45.0 Å². The smallest absolute Gasteiger partial charge is 0.254 e. The van der Waals surface area contributed by atoms with Crippen LogP contribution in [0, 0.1) is 0 Å². The first-order chi connectivity index (χ1) is 8.57. The van der Waals surface area contributed by atoms with E-state index in [2.05, 4.69) is 28.2 Å². The zero-order valence-electron chi connectivity index (χ0n) is 10.9. The summed E-state index contributed by atoms with van der Waals surface area (Å²) in [6.45, 7) is 3.85. The van der Waals surface area contributed by atoms with E-state index >= 15 is 0 Å². The van der Waals surface area contributed by atoms with Crippen LogP contribution in [0.1, 0.15) is 30.1 Å². The number of benzene rings is 1. The van der Waals surface area contributed by atoms with Gasteiger partial charge in [-0.1, -0.05) is 22.0 Å². The van der Waals surface area contributed by atoms with Crippen molar-refractivity contribution in [1.29, 1.82) is 0 Å². The summed E-state index contributed by atoms with van der Waals surface area (Å²) in [4.78, 5) is 14.6. The molecule has 0 spiro atoms. The van der Waals surface area contributed by atoms with Crippen LogP contribution in [0.4, 0.5) is 0 Å². The van der Waals surface area contributed by atoms with E-state index in [0.717, 1.165) is 36.0 Å². The van der Waals surface area contributed by atoms with Gasteiger partial charge >= 0.3 is 0 Å². The Labute approximate surface area is 117 Å². The van der Waals surface area contributed by atoms with E-state index in [9.17, 15) is 4.79 Å². The van der Waals surface area contributed by atoms with Crippen molar-refractivity contribution in [3.05, 3.63) is 34.3 Å². The number of carbonyl (C=O) groups excluding carboxylic acids is 1. The van der Waals surface area contributed by atoms with Gasteiger partial charge in [-0.3, -0.25) is 4.79 Å². The summed E-state index contributed by atoms with van der Waals surface area (Å²) < 4.78 is 0.947. The van der Waals surface area contributed by atoms with Crippen LogP contribution in [0.15, 0.2) is 28.7 Å². The molecule has 2 rings (SSSR count). The maximum Gasteiger partial charge on any atom is 0.254 e. The number of amides is 1. The van der Waals surface area contributed by atoms with Gasteiger partial charge in [-0.2, -0.15) is 0 Å². The molecule has 0 aliphatic carbocycles. The van der Waals surface area contributed by atoms with Crippen LogP contribution in [0.5, 0.6) is 0 Å². The molecule has 1 N–H and O–H groups in total. The third-order valence-electron chi connectivity index (χ3n) is 3.62. The molecule has 0 bridgehead atoms. The SMILES string of the molecule is CNCC1(C)CCCN1C(=O)c1cccc(Br)c1. The summed E-state index contributed by atoms with van der Waals surface area (Å²) in [5.74, 6) is 0.131. The molecule has 1 aliphatic rings. The molecule has 1 saturated heterocycles. The maximum absolute atomic E-state index is 12.6. The van der Waals surface area contributed by atoms with Crippen molar-refractivity contribution in [2.24, 2.45) is 0 Å². The second kappa shape index (κ2) is 5.41. The Kier molecular flexibility index (Phi) is 4.07. The largest absolute Gasteiger partial charge is 0.332 e. The lowest BCUT2D eigenvalue weighted by Gasteiger charge is -2.35. The van der Waals surface area contributed by atoms with Gasteiger partial charge in [-0.15, -0.1) is 0 Å². The molecule has 1 fully saturated rings. The normalized spacial score (nSPS) is 23.4. The molecule has 1 atom stereocenters. The zero-order chi connectivity index (χ0) is 13.2. The monoisotopic (exact) mass is 310 g/mol. The molecule has 1 heterocycles. The van der Waals surface area contributed by atoms with E-state index in [1.54, 1.807) is 0 Å². The molecule has 1 unspecified atom stereocenters. The number of likely N-dealkylation sites (N-methyl/N-ethyl adjacent to an activating group) is 1. The predicted octanol–water partition coefficient (Wildman–Crippen LogP) is 2.66. The molecular weight excluding hydrogens is 292 g/mol. The van der Waals surface area contributed by atoms with Crippen molar-refractivity contribution in [2.45, 2.75) is 25.3 Å². The number of nitrogens with zero attached hydrogens (tertiary/aromatic N) is 1. The third-order valence-corrected chi connectivity index (χ3v) is 4.12. The highest BCUT2D eigenvalue weighted by molar-refractivity contribution is 9.10. The van der Waals surface area contributed by atoms with Gasteiger partial charge in [0, 0.05) is 23.1 Å². The van der Waals surface area contributed by atoms with E-state index in [4.69, 9.17) is 0 Å². The van der Waals surface area contributed by atoms with Crippen molar-refractivity contribution in [1.82, 2.24) is 10.2 Å². The van der Waals surface area contributed by atoms with Gasteiger partial charge < -0.3 is 10.2 Å². The molecule has 1 aromatic carbocycles. The first kappa shape index (κ1) is 13.6. The van der Waals surface area contributed by atoms with Gasteiger partial charge in [0.25, 0.3) is 5.91 Å². The second-order valence-corrected chi connectivity index (χ2v) is 6.01. The molecule has 18 heavy (non-hydrogen) atoms. The van der Waals surface area contributed by atoms with Gasteiger partial charge in [0.15, 0.2) is 0 Å². The van der Waals surface area contributed by atoms with Gasteiger partial charge in [0.05, 0.1) is 5.54 Å². The molecule has 98 valence electrons. The topological polar surface area (TPSA) is 32.3 Å². The summed E-state index contributed by atoms with van der Waals surface area (Å²) in [6.07, 6.45) is 2.14. The highest BCUT2D eigenvalue weighted by atomic mass is 79.9. The van der Waals surface area contributed by atoms with E-state index in [1.807, 2.05) is 36.2 Å². The summed E-state index contributed by atoms with van der Waals surface area (Å²) in [7, 11) is 1.94. The summed E-state index contributed by atoms with van der Waals surface area (Å²) >= 11 is 3.42. The lowest BCUT2D eigenvalue weighted by molar-refractivity contribution is 0.0626. The minimum Gasteiger partial charge on any atom is -0.332 e. The fourth-order valence-electron chi connectivity index (χ4n) is 2.71. The van der Waals surface area contributed by atoms with Crippen LogP contribution in [0.3, 0.4) is 0 Å². The average molecular weight is 311 g/mol. The second-order valence-electron chi connectivity index (χ2n) is 5.10. The van der Waals surface area contributed by atoms with Gasteiger partial charge in [0.2, 0.25) is 0 Å². The maximum atomic E-state index is 12.6. The molecular formula is C14H19BrN2O. The van der Waals surface area contributed by atoms with Crippen LogP contribution < -0.4 is 5.32 Å². The Morgan fingerprint density at radius 1 is 1.56 bits per heavy atom. The van der Waals surface area contributed by atoms with E-state index in [1.165, 1.54) is 0 Å². The molecule has 1 amide bonds. The van der Waals surface area contributed by atoms with Crippen molar-refractivity contribution in [2.75, 3.05) is 20.1 Å². The van der Waals surface area contributed by atoms with E-state index in [0.29, 0.717) is 0 Å². The Morgan fingerprint density at radius 3 is 3.00 bits per heavy atom. The van der Waals surface area contributed by atoms with Crippen molar-refractivity contribution >= 4 is 21.8 Å². The summed E-state index contributed by atoms with van der Waals surface area (Å²) in [5, 5.41) is 3.19. The summed E-state index contributed by atoms with van der Waals surface area (Å²) in [5.41, 5.74) is 0.697. The quantitative estimate of drug-likeness (QED) is 0.931. The zero-order valence-corrected chi connectivity index (χ0v) is 12.5. The highest BCUT2D eigenvalue weighted by Gasteiger charge is 2.39. The summed E-state index contributed by atoms with van der Waals surface area (Å²) in [6, 6.07) is 7.61. The van der Waals surface area contributed by atoms with E-state index in [-0.39, 0.29) is 11.4 Å². The highest BCUT2D eigenvalue weighted by Crippen LogP contribution is 2.30. The van der Waals surface area contributed by atoms with Crippen LogP contribution >= 0.6 is 15.9 Å². The predicted molar refractivity (Wildman–Crippen MR) is 76.7 cm³/mol. The number of rotatable bonds is 3. The van der Waals surface area contributed by atoms with Crippen LogP contribution in [0.2, 0.25) is 0 Å². The van der Waals surface area contributed by atoms with Crippen LogP contribution in [0.25, 0.3) is 0 Å². The Bertz CT molecular complexity index is 449. The molecule has 0 radical (unpaired) electrons. The van der Waals surface area contributed by atoms with Crippen LogP contribution in [-0.4, -0.2) is 36.5 Å². The van der Waals surface area contributed by atoms with Crippen molar-refractivity contribution < 1.29 is 4.79 Å². The first-order valence-electron chi connectivity index (χ1n) is 6.29. The fraction of sp³-hybridized carbons (Fsp3) is 0.500. The number of carbonyl (C=O) groups is 1. The molecule has 0 aromatic heterocycles. The minimum absolute atomic E-state index is 0.0614. The van der Waals surface area contributed by atoms with Gasteiger partial charge in [-0.25, -0.2) is 0 Å². The average Bonchev–Trinajstić information content (AvgIpc) is 2.70. The standard InChI is InChI=1S/C14H19BrN2O/c1-14(10-16-2)7-4-8-17(14)13(18)11-5-3-6-12(15)9-11/h3,5-6,9,16H,4,7-8,10H2,1-2H3. The van der Waals surface area contributed by atoms with Crippen molar-refractivity contribution in [3.63, 3.8) is 0 Å². The number of likely N-dealkylation sites (tertiary alicyclic amines) is 1. The van der Waals surface area contributed by atoms with E-state index < -0.39 is 0 Å². The molecule has 1 aliphatic heterocycles. The first-order valence-corrected chi connectivity index (χ1v) is 7.08. The molecule has 1 aromatic rings. The molecule has 3 nitrogen and oxygen atoms in total. The lowest BCUT2D eigenvalue weighted by Crippen LogP contribution is -2.50. The third kappa shape index (κ3) is 2.59. The van der Waals surface area contributed by atoms with Crippen molar-refractivity contribution in [3.8, 4) is 0 Å².